The summed E-state index contributed by atoms with van der Waals surface area (Å²) in [7, 11) is 1.63. The Bertz CT molecular complexity index is 653. The zero-order valence-corrected chi connectivity index (χ0v) is 11.3. The molecule has 0 aliphatic heterocycles. The summed E-state index contributed by atoms with van der Waals surface area (Å²) in [5, 5.41) is 12.9. The first-order valence-electron chi connectivity index (χ1n) is 6.10. The van der Waals surface area contributed by atoms with Crippen molar-refractivity contribution in [2.45, 2.75) is 13.1 Å². The van der Waals surface area contributed by atoms with Crippen molar-refractivity contribution < 1.29 is 18.0 Å². The van der Waals surface area contributed by atoms with Crippen molar-refractivity contribution in [3.63, 3.8) is 0 Å². The lowest BCUT2D eigenvalue weighted by molar-refractivity contribution is -0.146. The zero-order chi connectivity index (χ0) is 15.6. The minimum absolute atomic E-state index is 0.0233. The second kappa shape index (κ2) is 5.54. The monoisotopic (exact) mass is 302 g/mol. The fourth-order valence-electron chi connectivity index (χ4n) is 1.54. The maximum atomic E-state index is 12.7. The Labute approximate surface area is 117 Å². The van der Waals surface area contributed by atoms with Crippen LogP contribution >= 0.6 is 0 Å². The maximum absolute atomic E-state index is 12.7. The molecule has 7 nitrogen and oxygen atoms in total. The predicted octanol–water partition coefficient (Wildman–Crippen LogP) is 1.03. The molecule has 114 valence electrons. The van der Waals surface area contributed by atoms with Crippen molar-refractivity contribution >= 4 is 17.4 Å². The van der Waals surface area contributed by atoms with Crippen molar-refractivity contribution in [3.8, 4) is 0 Å². The van der Waals surface area contributed by atoms with Crippen LogP contribution in [0.1, 0.15) is 12.7 Å². The normalized spacial score (nSPS) is 11.7. The van der Waals surface area contributed by atoms with E-state index in [1.54, 1.807) is 7.05 Å². The third-order valence-corrected chi connectivity index (χ3v) is 2.84. The average Bonchev–Trinajstić information content (AvgIpc) is 2.86. The molecule has 0 saturated heterocycles. The van der Waals surface area contributed by atoms with Gasteiger partial charge in [-0.2, -0.15) is 17.7 Å². The Morgan fingerprint density at radius 3 is 2.71 bits per heavy atom. The van der Waals surface area contributed by atoms with Gasteiger partial charge in [0, 0.05) is 13.6 Å². The summed E-state index contributed by atoms with van der Waals surface area (Å²) in [6.45, 7) is 2.29. The summed E-state index contributed by atoms with van der Waals surface area (Å²) >= 11 is 0. The second-order valence-corrected chi connectivity index (χ2v) is 4.27. The van der Waals surface area contributed by atoms with Gasteiger partial charge in [-0.25, -0.2) is 0 Å². The topological polar surface area (TPSA) is 75.4 Å². The van der Waals surface area contributed by atoms with Crippen LogP contribution in [0.25, 0.3) is 5.65 Å². The largest absolute Gasteiger partial charge is 0.453 e. The lowest BCUT2D eigenvalue weighted by Crippen LogP contribution is -2.32. The lowest BCUT2D eigenvalue weighted by Gasteiger charge is -2.14. The fraction of sp³-hybridized carbons (Fsp3) is 0.455. The molecule has 0 aliphatic rings. The summed E-state index contributed by atoms with van der Waals surface area (Å²) in [5.41, 5.74) is -0.0233. The van der Waals surface area contributed by atoms with Gasteiger partial charge in [-0.05, 0) is 19.1 Å². The Kier molecular flexibility index (Phi) is 3.96. The van der Waals surface area contributed by atoms with E-state index in [1.165, 1.54) is 17.0 Å². The number of alkyl halides is 3. The second-order valence-electron chi connectivity index (χ2n) is 4.27. The summed E-state index contributed by atoms with van der Waals surface area (Å²) in [4.78, 5) is 13.1. The Morgan fingerprint density at radius 2 is 2.10 bits per heavy atom. The molecule has 0 bridgehead atoms. The number of hydrogen-bond acceptors (Lipinski definition) is 5. The van der Waals surface area contributed by atoms with Crippen LogP contribution in [-0.4, -0.2) is 50.8 Å². The SMILES string of the molecule is CCN(C)C(=O)CNc1ccc2nnc(C(F)(F)F)n2n1. The molecule has 10 heteroatoms. The Hall–Kier alpha value is -2.39. The van der Waals surface area contributed by atoms with Crippen LogP contribution in [0, 0.1) is 0 Å². The van der Waals surface area contributed by atoms with Gasteiger partial charge >= 0.3 is 6.18 Å². The molecule has 2 heterocycles. The van der Waals surface area contributed by atoms with E-state index in [2.05, 4.69) is 20.6 Å². The Morgan fingerprint density at radius 1 is 1.38 bits per heavy atom. The van der Waals surface area contributed by atoms with Crippen LogP contribution in [0.5, 0.6) is 0 Å². The smallest absolute Gasteiger partial charge is 0.360 e. The number of nitrogens with one attached hydrogen (secondary N) is 1. The van der Waals surface area contributed by atoms with Gasteiger partial charge < -0.3 is 10.2 Å². The predicted molar refractivity (Wildman–Crippen MR) is 67.6 cm³/mol. The molecular formula is C11H13F3N6O. The highest BCUT2D eigenvalue weighted by molar-refractivity contribution is 5.80. The number of hydrogen-bond donors (Lipinski definition) is 1. The lowest BCUT2D eigenvalue weighted by atomic mass is 10.4. The first-order chi connectivity index (χ1) is 9.82. The standard InChI is InChI=1S/C11H13F3N6O/c1-3-19(2)9(21)6-15-7-4-5-8-16-17-10(11(12,13)14)20(8)18-7/h4-5H,3,6H2,1-2H3,(H,15,18). The molecule has 0 aliphatic carbocycles. The first-order valence-corrected chi connectivity index (χ1v) is 6.10. The van der Waals surface area contributed by atoms with Gasteiger partial charge in [0.15, 0.2) is 5.65 Å². The number of anilines is 1. The summed E-state index contributed by atoms with van der Waals surface area (Å²) in [6, 6.07) is 2.77. The van der Waals surface area contributed by atoms with E-state index in [-0.39, 0.29) is 23.9 Å². The molecule has 1 amide bonds. The number of amides is 1. The summed E-state index contributed by atoms with van der Waals surface area (Å²) in [6.07, 6.45) is -4.65. The van der Waals surface area contributed by atoms with Crippen molar-refractivity contribution in [1.82, 2.24) is 24.7 Å². The van der Waals surface area contributed by atoms with E-state index >= 15 is 0 Å². The van der Waals surface area contributed by atoms with Crippen molar-refractivity contribution in [2.75, 3.05) is 25.5 Å². The number of rotatable bonds is 4. The molecule has 2 aromatic rings. The summed E-state index contributed by atoms with van der Waals surface area (Å²) < 4.78 is 38.7. The zero-order valence-electron chi connectivity index (χ0n) is 11.3. The molecule has 2 rings (SSSR count). The number of carbonyl (C=O) groups is 1. The number of halogens is 3. The summed E-state index contributed by atoms with van der Waals surface area (Å²) in [5.74, 6) is -1.27. The van der Waals surface area contributed by atoms with Gasteiger partial charge in [-0.15, -0.1) is 15.3 Å². The highest BCUT2D eigenvalue weighted by Crippen LogP contribution is 2.27. The van der Waals surface area contributed by atoms with Gasteiger partial charge in [0.25, 0.3) is 5.82 Å². The third kappa shape index (κ3) is 3.20. The average molecular weight is 302 g/mol. The van der Waals surface area contributed by atoms with E-state index in [9.17, 15) is 18.0 Å². The number of fused-ring (bicyclic) bond motifs is 1. The molecule has 2 aromatic heterocycles. The van der Waals surface area contributed by atoms with Gasteiger partial charge in [0.2, 0.25) is 5.91 Å². The quantitative estimate of drug-likeness (QED) is 0.913. The van der Waals surface area contributed by atoms with Crippen LogP contribution < -0.4 is 5.32 Å². The van der Waals surface area contributed by atoms with E-state index < -0.39 is 12.0 Å². The molecule has 0 unspecified atom stereocenters. The van der Waals surface area contributed by atoms with Gasteiger partial charge in [-0.3, -0.25) is 4.79 Å². The molecular weight excluding hydrogens is 289 g/mol. The van der Waals surface area contributed by atoms with Crippen molar-refractivity contribution in [2.24, 2.45) is 0 Å². The molecule has 0 atom stereocenters. The Balaban J connectivity index is 2.20. The molecule has 0 saturated carbocycles. The van der Waals surface area contributed by atoms with Crippen LogP contribution in [0.15, 0.2) is 12.1 Å². The van der Waals surface area contributed by atoms with E-state index in [1.807, 2.05) is 6.92 Å². The van der Waals surface area contributed by atoms with E-state index in [4.69, 9.17) is 0 Å². The number of aromatic nitrogens is 4. The molecule has 1 N–H and O–H groups in total. The molecule has 0 fully saturated rings. The number of carbonyl (C=O) groups excluding carboxylic acids is 1. The minimum Gasteiger partial charge on any atom is -0.360 e. The van der Waals surface area contributed by atoms with Gasteiger partial charge in [0.1, 0.15) is 5.82 Å². The molecule has 0 spiro atoms. The van der Waals surface area contributed by atoms with E-state index in [0.717, 1.165) is 0 Å². The highest BCUT2D eigenvalue weighted by atomic mass is 19.4. The third-order valence-electron chi connectivity index (χ3n) is 2.84. The van der Waals surface area contributed by atoms with Gasteiger partial charge in [0.05, 0.1) is 6.54 Å². The number of likely N-dealkylation sites (N-methyl/N-ethyl adjacent to an activating group) is 1. The number of nitrogens with zero attached hydrogens (tertiary/aromatic N) is 5. The van der Waals surface area contributed by atoms with Crippen molar-refractivity contribution in [3.05, 3.63) is 18.0 Å². The first kappa shape index (κ1) is 15.0. The fourth-order valence-corrected chi connectivity index (χ4v) is 1.54. The molecule has 0 aromatic carbocycles. The van der Waals surface area contributed by atoms with Gasteiger partial charge in [-0.1, -0.05) is 0 Å². The van der Waals surface area contributed by atoms with E-state index in [0.29, 0.717) is 11.1 Å². The minimum atomic E-state index is -4.65. The molecule has 21 heavy (non-hydrogen) atoms. The van der Waals surface area contributed by atoms with Crippen LogP contribution in [0.4, 0.5) is 19.0 Å². The van der Waals surface area contributed by atoms with Crippen LogP contribution in [0.3, 0.4) is 0 Å². The molecule has 0 radical (unpaired) electrons. The maximum Gasteiger partial charge on any atom is 0.453 e. The van der Waals surface area contributed by atoms with Crippen LogP contribution in [0.2, 0.25) is 0 Å². The highest BCUT2D eigenvalue weighted by Gasteiger charge is 2.37. The van der Waals surface area contributed by atoms with Crippen LogP contribution in [-0.2, 0) is 11.0 Å². The van der Waals surface area contributed by atoms with Crippen molar-refractivity contribution in [1.29, 1.82) is 0 Å².